The second kappa shape index (κ2) is 6.62. The number of H-pyrrole nitrogens is 1. The van der Waals surface area contributed by atoms with Gasteiger partial charge in [0.25, 0.3) is 5.91 Å². The number of hydrogen-bond donors (Lipinski definition) is 3. The van der Waals surface area contributed by atoms with Crippen molar-refractivity contribution in [1.29, 1.82) is 0 Å². The minimum absolute atomic E-state index is 0.177. The van der Waals surface area contributed by atoms with E-state index < -0.39 is 5.91 Å². The number of anilines is 3. The minimum Gasteiger partial charge on any atom is -0.364 e. The molecule has 3 aromatic rings. The number of amides is 1. The lowest BCUT2D eigenvalue weighted by Crippen LogP contribution is -2.34. The second-order valence-corrected chi connectivity index (χ2v) is 6.72. The molecule has 4 rings (SSSR count). The number of aromatic nitrogens is 4. The third-order valence-electron chi connectivity index (χ3n) is 4.74. The predicted octanol–water partition coefficient (Wildman–Crippen LogP) is 2.43. The van der Waals surface area contributed by atoms with E-state index in [0.29, 0.717) is 17.6 Å². The zero-order chi connectivity index (χ0) is 18.1. The van der Waals surface area contributed by atoms with Gasteiger partial charge >= 0.3 is 0 Å². The Bertz CT molecular complexity index is 944. The van der Waals surface area contributed by atoms with Crippen LogP contribution in [0.2, 0.25) is 0 Å². The van der Waals surface area contributed by atoms with Gasteiger partial charge in [-0.2, -0.15) is 10.1 Å². The van der Waals surface area contributed by atoms with Crippen molar-refractivity contribution in [3.63, 3.8) is 0 Å². The van der Waals surface area contributed by atoms with Gasteiger partial charge in [0.05, 0.1) is 5.52 Å². The van der Waals surface area contributed by atoms with Crippen LogP contribution in [0.1, 0.15) is 30.3 Å². The smallest absolute Gasteiger partial charge is 0.269 e. The van der Waals surface area contributed by atoms with Crippen molar-refractivity contribution in [2.75, 3.05) is 23.3 Å². The summed E-state index contributed by atoms with van der Waals surface area (Å²) in [6.45, 7) is 4.18. The Morgan fingerprint density at radius 2 is 2.04 bits per heavy atom. The van der Waals surface area contributed by atoms with Crippen LogP contribution < -0.4 is 16.0 Å². The van der Waals surface area contributed by atoms with Crippen molar-refractivity contribution in [3.05, 3.63) is 36.0 Å². The molecule has 0 aliphatic carbocycles. The van der Waals surface area contributed by atoms with Crippen LogP contribution in [0.5, 0.6) is 0 Å². The summed E-state index contributed by atoms with van der Waals surface area (Å²) in [6, 6.07) is 9.41. The molecule has 0 saturated carbocycles. The molecule has 1 aliphatic rings. The number of carbonyl (C=O) groups is 1. The Kier molecular flexibility index (Phi) is 4.16. The maximum absolute atomic E-state index is 11.2. The maximum Gasteiger partial charge on any atom is 0.269 e. The molecule has 8 nitrogen and oxygen atoms in total. The van der Waals surface area contributed by atoms with Crippen LogP contribution in [0.3, 0.4) is 0 Å². The number of hydrogen-bond acceptors (Lipinski definition) is 6. The Labute approximate surface area is 150 Å². The largest absolute Gasteiger partial charge is 0.364 e. The molecule has 2 aromatic heterocycles. The van der Waals surface area contributed by atoms with Crippen molar-refractivity contribution in [3.8, 4) is 0 Å². The van der Waals surface area contributed by atoms with Gasteiger partial charge in [-0.3, -0.25) is 9.89 Å². The second-order valence-electron chi connectivity index (χ2n) is 6.72. The molecule has 1 fully saturated rings. The number of benzene rings is 1. The summed E-state index contributed by atoms with van der Waals surface area (Å²) in [5.41, 5.74) is 6.31. The number of fused-ring (bicyclic) bond motifs is 1. The van der Waals surface area contributed by atoms with Gasteiger partial charge in [0.1, 0.15) is 11.6 Å². The molecule has 0 atom stereocenters. The molecular formula is C18H21N7O. The van der Waals surface area contributed by atoms with Crippen LogP contribution in [0.25, 0.3) is 10.9 Å². The van der Waals surface area contributed by atoms with Gasteiger partial charge in [-0.25, -0.2) is 4.98 Å². The van der Waals surface area contributed by atoms with E-state index in [4.69, 9.17) is 15.7 Å². The molecule has 0 bridgehead atoms. The fraction of sp³-hybridized carbons (Fsp3) is 0.333. The Morgan fingerprint density at radius 3 is 2.77 bits per heavy atom. The molecule has 1 amide bonds. The summed E-state index contributed by atoms with van der Waals surface area (Å²) in [7, 11) is 0. The molecule has 0 radical (unpaired) electrons. The van der Waals surface area contributed by atoms with Gasteiger partial charge in [-0.15, -0.1) is 0 Å². The van der Waals surface area contributed by atoms with E-state index in [1.165, 1.54) is 0 Å². The van der Waals surface area contributed by atoms with Crippen molar-refractivity contribution < 1.29 is 4.79 Å². The molecular weight excluding hydrogens is 330 g/mol. The zero-order valence-corrected chi connectivity index (χ0v) is 14.6. The van der Waals surface area contributed by atoms with Gasteiger partial charge in [0, 0.05) is 24.5 Å². The van der Waals surface area contributed by atoms with Gasteiger partial charge in [0.2, 0.25) is 5.95 Å². The third-order valence-corrected chi connectivity index (χ3v) is 4.74. The minimum atomic E-state index is -0.579. The highest BCUT2D eigenvalue weighted by atomic mass is 16.1. The first-order valence-corrected chi connectivity index (χ1v) is 8.74. The topological polar surface area (TPSA) is 113 Å². The molecule has 26 heavy (non-hydrogen) atoms. The van der Waals surface area contributed by atoms with Crippen LogP contribution in [0, 0.1) is 5.92 Å². The van der Waals surface area contributed by atoms with Gasteiger partial charge in [0.15, 0.2) is 5.69 Å². The van der Waals surface area contributed by atoms with E-state index in [0.717, 1.165) is 42.8 Å². The normalized spacial score (nSPS) is 15.3. The van der Waals surface area contributed by atoms with E-state index in [2.05, 4.69) is 27.3 Å². The lowest BCUT2D eigenvalue weighted by Gasteiger charge is -2.30. The first-order chi connectivity index (χ1) is 12.6. The molecule has 1 aromatic carbocycles. The average molecular weight is 351 g/mol. The maximum atomic E-state index is 11.2. The molecule has 3 heterocycles. The summed E-state index contributed by atoms with van der Waals surface area (Å²) in [6.07, 6.45) is 2.28. The van der Waals surface area contributed by atoms with Gasteiger partial charge in [-0.1, -0.05) is 19.1 Å². The van der Waals surface area contributed by atoms with Crippen molar-refractivity contribution in [2.45, 2.75) is 19.8 Å². The first kappa shape index (κ1) is 16.3. The number of rotatable bonds is 4. The summed E-state index contributed by atoms with van der Waals surface area (Å²) in [4.78, 5) is 22.9. The Hall–Kier alpha value is -3.16. The number of nitrogens with one attached hydrogen (secondary N) is 2. The number of para-hydroxylation sites is 1. The monoisotopic (exact) mass is 351 g/mol. The van der Waals surface area contributed by atoms with Crippen molar-refractivity contribution in [1.82, 2.24) is 20.2 Å². The lowest BCUT2D eigenvalue weighted by molar-refractivity contribution is 0.0995. The van der Waals surface area contributed by atoms with Crippen LogP contribution in [0.15, 0.2) is 30.3 Å². The summed E-state index contributed by atoms with van der Waals surface area (Å²) < 4.78 is 0. The number of piperidine rings is 1. The standard InChI is InChI=1S/C18H21N7O/c1-11-6-8-25(9-7-11)18-20-13-5-3-2-4-12(13)17(22-18)21-15-10-14(16(19)26)23-24-15/h2-5,10-11H,6-9H2,1H3,(H2,19,26)(H2,20,21,22,23,24). The summed E-state index contributed by atoms with van der Waals surface area (Å²) in [5, 5.41) is 10.8. The van der Waals surface area contributed by atoms with E-state index >= 15 is 0 Å². The number of nitrogens with zero attached hydrogens (tertiary/aromatic N) is 4. The summed E-state index contributed by atoms with van der Waals surface area (Å²) in [5.74, 6) is 2.10. The average Bonchev–Trinajstić information content (AvgIpc) is 3.11. The highest BCUT2D eigenvalue weighted by molar-refractivity contribution is 5.93. The molecule has 134 valence electrons. The van der Waals surface area contributed by atoms with E-state index in [-0.39, 0.29) is 5.69 Å². The van der Waals surface area contributed by atoms with Gasteiger partial charge < -0.3 is 16.0 Å². The van der Waals surface area contributed by atoms with E-state index in [9.17, 15) is 4.79 Å². The molecule has 8 heteroatoms. The highest BCUT2D eigenvalue weighted by Gasteiger charge is 2.20. The molecule has 1 saturated heterocycles. The molecule has 0 unspecified atom stereocenters. The number of primary amides is 1. The number of carbonyl (C=O) groups excluding carboxylic acids is 1. The molecule has 0 spiro atoms. The van der Waals surface area contributed by atoms with Crippen molar-refractivity contribution >= 4 is 34.4 Å². The molecule has 1 aliphatic heterocycles. The van der Waals surface area contributed by atoms with Crippen LogP contribution >= 0.6 is 0 Å². The van der Waals surface area contributed by atoms with Crippen LogP contribution in [-0.4, -0.2) is 39.2 Å². The van der Waals surface area contributed by atoms with Crippen LogP contribution in [0.4, 0.5) is 17.6 Å². The zero-order valence-electron chi connectivity index (χ0n) is 14.6. The first-order valence-electron chi connectivity index (χ1n) is 8.74. The highest BCUT2D eigenvalue weighted by Crippen LogP contribution is 2.28. The number of nitrogens with two attached hydrogens (primary N) is 1. The lowest BCUT2D eigenvalue weighted by atomic mass is 10.00. The number of aromatic amines is 1. The Balaban J connectivity index is 1.70. The fourth-order valence-corrected chi connectivity index (χ4v) is 3.15. The predicted molar refractivity (Wildman–Crippen MR) is 101 cm³/mol. The van der Waals surface area contributed by atoms with E-state index in [1.54, 1.807) is 6.07 Å². The third kappa shape index (κ3) is 3.17. The quantitative estimate of drug-likeness (QED) is 0.665. The SMILES string of the molecule is CC1CCN(c2nc(Nc3cc(C(N)=O)n[nH]3)c3ccccc3n2)CC1. The summed E-state index contributed by atoms with van der Waals surface area (Å²) >= 11 is 0. The van der Waals surface area contributed by atoms with Crippen molar-refractivity contribution in [2.24, 2.45) is 11.7 Å². The van der Waals surface area contributed by atoms with Crippen LogP contribution in [-0.2, 0) is 0 Å². The fourth-order valence-electron chi connectivity index (χ4n) is 3.15. The molecule has 4 N–H and O–H groups in total. The van der Waals surface area contributed by atoms with E-state index in [1.807, 2.05) is 24.3 Å². The van der Waals surface area contributed by atoms with Gasteiger partial charge in [-0.05, 0) is 30.9 Å². The Morgan fingerprint density at radius 1 is 1.27 bits per heavy atom.